The fraction of sp³-hybridized carbons (Fsp3) is 0.280. The third kappa shape index (κ3) is 4.82. The average molecular weight is 421 g/mol. The lowest BCUT2D eigenvalue weighted by Crippen LogP contribution is -2.32. The van der Waals surface area contributed by atoms with Crippen LogP contribution in [0.1, 0.15) is 41.4 Å². The number of carbonyl (C=O) groups is 1. The Hall–Kier alpha value is -2.85. The summed E-state index contributed by atoms with van der Waals surface area (Å²) in [5.41, 5.74) is 4.14. The largest absolute Gasteiger partial charge is 0.497 e. The predicted octanol–water partition coefficient (Wildman–Crippen LogP) is 5.24. The zero-order chi connectivity index (χ0) is 20.9. The summed E-state index contributed by atoms with van der Waals surface area (Å²) in [6.07, 6.45) is 3.09. The van der Waals surface area contributed by atoms with E-state index < -0.39 is 0 Å². The minimum atomic E-state index is 0.0425. The molecule has 1 aliphatic heterocycles. The number of amides is 1. The Kier molecular flexibility index (Phi) is 6.34. The van der Waals surface area contributed by atoms with E-state index >= 15 is 0 Å². The lowest BCUT2D eigenvalue weighted by atomic mass is 10.1. The van der Waals surface area contributed by atoms with Gasteiger partial charge >= 0.3 is 0 Å². The number of pyridine rings is 1. The summed E-state index contributed by atoms with van der Waals surface area (Å²) in [7, 11) is 1.64. The zero-order valence-electron chi connectivity index (χ0n) is 17.1. The lowest BCUT2D eigenvalue weighted by Gasteiger charge is -2.25. The number of rotatable bonds is 6. The molecule has 1 amide bonds. The second-order valence-corrected chi connectivity index (χ2v) is 8.06. The summed E-state index contributed by atoms with van der Waals surface area (Å²) >= 11 is 5.99. The zero-order valence-corrected chi connectivity index (χ0v) is 17.8. The van der Waals surface area contributed by atoms with Gasteiger partial charge in [0.25, 0.3) is 0 Å². The van der Waals surface area contributed by atoms with Gasteiger partial charge in [0.05, 0.1) is 25.3 Å². The van der Waals surface area contributed by atoms with Crippen molar-refractivity contribution in [2.24, 2.45) is 0 Å². The molecule has 0 saturated carbocycles. The molecule has 1 aliphatic rings. The maximum atomic E-state index is 13.0. The van der Waals surface area contributed by atoms with Crippen molar-refractivity contribution in [1.82, 2.24) is 9.88 Å². The van der Waals surface area contributed by atoms with E-state index in [9.17, 15) is 4.79 Å². The molecule has 154 valence electrons. The van der Waals surface area contributed by atoms with Crippen LogP contribution in [0.2, 0.25) is 5.02 Å². The average Bonchev–Trinajstić information content (AvgIpc) is 3.26. The number of methoxy groups -OCH3 is 1. The van der Waals surface area contributed by atoms with Crippen LogP contribution in [0.5, 0.6) is 5.75 Å². The van der Waals surface area contributed by atoms with Crippen molar-refractivity contribution in [3.05, 3.63) is 94.3 Å². The van der Waals surface area contributed by atoms with E-state index in [1.165, 1.54) is 5.56 Å². The van der Waals surface area contributed by atoms with Gasteiger partial charge in [-0.15, -0.1) is 0 Å². The van der Waals surface area contributed by atoms with Crippen molar-refractivity contribution in [3.8, 4) is 5.75 Å². The first kappa shape index (κ1) is 20.4. The number of hydrogen-bond donors (Lipinski definition) is 0. The van der Waals surface area contributed by atoms with Crippen LogP contribution in [0.3, 0.4) is 0 Å². The van der Waals surface area contributed by atoms with E-state index in [1.807, 2.05) is 71.6 Å². The molecule has 0 N–H and O–H groups in total. The fourth-order valence-corrected chi connectivity index (χ4v) is 4.11. The van der Waals surface area contributed by atoms with Gasteiger partial charge in [0.1, 0.15) is 5.75 Å². The van der Waals surface area contributed by atoms with Crippen molar-refractivity contribution >= 4 is 17.5 Å². The highest BCUT2D eigenvalue weighted by molar-refractivity contribution is 6.30. The second-order valence-electron chi connectivity index (χ2n) is 7.63. The van der Waals surface area contributed by atoms with Gasteiger partial charge in [-0.3, -0.25) is 9.78 Å². The van der Waals surface area contributed by atoms with Crippen LogP contribution in [-0.4, -0.2) is 29.4 Å². The summed E-state index contributed by atoms with van der Waals surface area (Å²) in [5, 5.41) is 0.734. The highest BCUT2D eigenvalue weighted by Gasteiger charge is 2.30. The normalized spacial score (nSPS) is 15.9. The number of ether oxygens (including phenoxy) is 1. The van der Waals surface area contributed by atoms with Gasteiger partial charge in [-0.1, -0.05) is 41.9 Å². The summed E-state index contributed by atoms with van der Waals surface area (Å²) in [4.78, 5) is 19.9. The third-order valence-corrected chi connectivity index (χ3v) is 5.81. The summed E-state index contributed by atoms with van der Waals surface area (Å²) in [5.74, 6) is 0.944. The molecule has 0 aliphatic carbocycles. The number of nitrogens with zero attached hydrogens (tertiary/aromatic N) is 2. The van der Waals surface area contributed by atoms with Crippen molar-refractivity contribution in [2.45, 2.75) is 31.7 Å². The standard InChI is InChI=1S/C25H25ClN2O2/c1-30-22-13-9-19(10-14-22)17-25(29)28-15-3-6-24(28)23-5-2-4-21(27-23)16-18-7-11-20(26)12-8-18/h2,4-5,7-14,24H,3,6,15-17H2,1H3/t24-/m1/s1. The second kappa shape index (κ2) is 9.31. The van der Waals surface area contributed by atoms with E-state index in [-0.39, 0.29) is 11.9 Å². The van der Waals surface area contributed by atoms with Crippen LogP contribution in [0, 0.1) is 0 Å². The van der Waals surface area contributed by atoms with Crippen molar-refractivity contribution in [2.75, 3.05) is 13.7 Å². The third-order valence-electron chi connectivity index (χ3n) is 5.56. The van der Waals surface area contributed by atoms with Crippen LogP contribution in [0.15, 0.2) is 66.7 Å². The number of hydrogen-bond acceptors (Lipinski definition) is 3. The lowest BCUT2D eigenvalue weighted by molar-refractivity contribution is -0.131. The number of likely N-dealkylation sites (tertiary alicyclic amines) is 1. The molecule has 0 spiro atoms. The number of carbonyl (C=O) groups excluding carboxylic acids is 1. The summed E-state index contributed by atoms with van der Waals surface area (Å²) in [6, 6.07) is 21.7. The first-order valence-corrected chi connectivity index (χ1v) is 10.6. The summed E-state index contributed by atoms with van der Waals surface area (Å²) < 4.78 is 5.20. The Balaban J connectivity index is 1.47. The Morgan fingerprint density at radius 1 is 1.07 bits per heavy atom. The topological polar surface area (TPSA) is 42.4 Å². The molecule has 4 rings (SSSR count). The van der Waals surface area contributed by atoms with Crippen molar-refractivity contribution in [1.29, 1.82) is 0 Å². The van der Waals surface area contributed by atoms with Crippen LogP contribution in [0.4, 0.5) is 0 Å². The molecule has 2 aromatic carbocycles. The molecule has 3 aromatic rings. The molecular formula is C25H25ClN2O2. The van der Waals surface area contributed by atoms with Gasteiger partial charge in [0.2, 0.25) is 5.91 Å². The molecule has 1 atom stereocenters. The minimum absolute atomic E-state index is 0.0425. The molecule has 0 bridgehead atoms. The molecule has 0 unspecified atom stereocenters. The minimum Gasteiger partial charge on any atom is -0.497 e. The van der Waals surface area contributed by atoms with Gasteiger partial charge in [-0.2, -0.15) is 0 Å². The van der Waals surface area contributed by atoms with E-state index in [4.69, 9.17) is 21.3 Å². The van der Waals surface area contributed by atoms with E-state index in [1.54, 1.807) is 7.11 Å². The maximum absolute atomic E-state index is 13.0. The van der Waals surface area contributed by atoms with E-state index in [0.29, 0.717) is 6.42 Å². The Morgan fingerprint density at radius 2 is 1.80 bits per heavy atom. The van der Waals surface area contributed by atoms with Gasteiger partial charge in [-0.05, 0) is 60.4 Å². The first-order valence-electron chi connectivity index (χ1n) is 10.2. The predicted molar refractivity (Wildman–Crippen MR) is 119 cm³/mol. The van der Waals surface area contributed by atoms with Gasteiger partial charge in [0, 0.05) is 23.7 Å². The SMILES string of the molecule is COc1ccc(CC(=O)N2CCC[C@@H]2c2cccc(Cc3ccc(Cl)cc3)n2)cc1. The molecule has 5 heteroatoms. The van der Waals surface area contributed by atoms with E-state index in [2.05, 4.69) is 0 Å². The van der Waals surface area contributed by atoms with Crippen molar-refractivity contribution < 1.29 is 9.53 Å². The van der Waals surface area contributed by atoms with Crippen LogP contribution in [0.25, 0.3) is 0 Å². The quantitative estimate of drug-likeness (QED) is 0.547. The highest BCUT2D eigenvalue weighted by Crippen LogP contribution is 2.31. The van der Waals surface area contributed by atoms with Gasteiger partial charge in [-0.25, -0.2) is 0 Å². The fourth-order valence-electron chi connectivity index (χ4n) is 3.99. The molecule has 2 heterocycles. The molecule has 4 nitrogen and oxygen atoms in total. The highest BCUT2D eigenvalue weighted by atomic mass is 35.5. The smallest absolute Gasteiger partial charge is 0.227 e. The van der Waals surface area contributed by atoms with Gasteiger partial charge < -0.3 is 9.64 Å². The number of aromatic nitrogens is 1. The molecular weight excluding hydrogens is 396 g/mol. The summed E-state index contributed by atoms with van der Waals surface area (Å²) in [6.45, 7) is 0.781. The number of benzene rings is 2. The van der Waals surface area contributed by atoms with E-state index in [0.717, 1.165) is 53.5 Å². The Morgan fingerprint density at radius 3 is 2.53 bits per heavy atom. The first-order chi connectivity index (χ1) is 14.6. The van der Waals surface area contributed by atoms with Crippen LogP contribution >= 0.6 is 11.6 Å². The number of halogens is 1. The molecule has 1 fully saturated rings. The Labute approximate surface area is 182 Å². The molecule has 1 aromatic heterocycles. The molecule has 0 radical (unpaired) electrons. The van der Waals surface area contributed by atoms with Gasteiger partial charge in [0.15, 0.2) is 0 Å². The Bertz CT molecular complexity index is 1000. The van der Waals surface area contributed by atoms with Crippen LogP contribution < -0.4 is 4.74 Å². The molecule has 1 saturated heterocycles. The van der Waals surface area contributed by atoms with Crippen molar-refractivity contribution in [3.63, 3.8) is 0 Å². The molecule has 30 heavy (non-hydrogen) atoms. The van der Waals surface area contributed by atoms with Crippen LogP contribution in [-0.2, 0) is 17.6 Å². The maximum Gasteiger partial charge on any atom is 0.227 e. The monoisotopic (exact) mass is 420 g/mol.